The van der Waals surface area contributed by atoms with Gasteiger partial charge >= 0.3 is 0 Å². The smallest absolute Gasteiger partial charge is 0.251 e. The number of nitrogens with one attached hydrogen (secondary N) is 1. The van der Waals surface area contributed by atoms with E-state index >= 15 is 0 Å². The summed E-state index contributed by atoms with van der Waals surface area (Å²) in [6, 6.07) is 7.56. The van der Waals surface area contributed by atoms with Crippen LogP contribution in [0.1, 0.15) is 34.1 Å². The first-order valence-corrected chi connectivity index (χ1v) is 11.1. The van der Waals surface area contributed by atoms with Crippen LogP contribution in [0.4, 0.5) is 10.7 Å². The zero-order valence-electron chi connectivity index (χ0n) is 16.4. The lowest BCUT2D eigenvalue weighted by molar-refractivity contribution is -0.120. The van der Waals surface area contributed by atoms with Gasteiger partial charge in [0.1, 0.15) is 5.00 Å². The van der Waals surface area contributed by atoms with Crippen LogP contribution >= 0.6 is 22.9 Å². The van der Waals surface area contributed by atoms with Gasteiger partial charge in [-0.3, -0.25) is 14.5 Å². The third kappa shape index (κ3) is 4.13. The number of hydrogen-bond donors (Lipinski definition) is 2. The highest BCUT2D eigenvalue weighted by Gasteiger charge is 2.29. The Labute approximate surface area is 179 Å². The number of anilines is 2. The van der Waals surface area contributed by atoms with E-state index in [2.05, 4.69) is 21.2 Å². The SMILES string of the molecule is CC(C(=O)Nc1sc2c(c1C(N)=O)CCC2)N1CCN(c2cccc(Cl)c2)CC1. The normalized spacial score (nSPS) is 17.8. The Bertz CT molecular complexity index is 937. The number of carbonyl (C=O) groups is 2. The van der Waals surface area contributed by atoms with Gasteiger partial charge in [0.25, 0.3) is 5.91 Å². The molecule has 1 fully saturated rings. The summed E-state index contributed by atoms with van der Waals surface area (Å²) in [5.41, 5.74) is 8.24. The number of amides is 2. The van der Waals surface area contributed by atoms with Crippen molar-refractivity contribution in [3.8, 4) is 0 Å². The predicted octanol–water partition coefficient (Wildman–Crippen LogP) is 3.14. The molecule has 154 valence electrons. The summed E-state index contributed by atoms with van der Waals surface area (Å²) in [5.74, 6) is -0.550. The number of thiophene rings is 1. The fraction of sp³-hybridized carbons (Fsp3) is 0.429. The second kappa shape index (κ2) is 8.34. The Hall–Kier alpha value is -2.09. The standard InChI is InChI=1S/C21H25ClN4O2S/c1-13(25-8-10-26(11-9-25)15-5-2-4-14(22)12-15)20(28)24-21-18(19(23)27)16-6-3-7-17(16)29-21/h2,4-5,12-13H,3,6-11H2,1H3,(H2,23,27)(H,24,28). The minimum Gasteiger partial charge on any atom is -0.369 e. The van der Waals surface area contributed by atoms with Crippen molar-refractivity contribution in [1.82, 2.24) is 4.90 Å². The number of nitrogens with zero attached hydrogens (tertiary/aromatic N) is 2. The molecule has 4 rings (SSSR count). The molecule has 1 atom stereocenters. The van der Waals surface area contributed by atoms with Crippen LogP contribution in [0.3, 0.4) is 0 Å². The van der Waals surface area contributed by atoms with E-state index in [-0.39, 0.29) is 11.9 Å². The summed E-state index contributed by atoms with van der Waals surface area (Å²) < 4.78 is 0. The number of hydrogen-bond acceptors (Lipinski definition) is 5. The van der Waals surface area contributed by atoms with Crippen LogP contribution in [-0.2, 0) is 17.6 Å². The van der Waals surface area contributed by atoms with E-state index < -0.39 is 5.91 Å². The van der Waals surface area contributed by atoms with Crippen molar-refractivity contribution in [2.75, 3.05) is 36.4 Å². The van der Waals surface area contributed by atoms with Crippen LogP contribution in [0, 0.1) is 0 Å². The quantitative estimate of drug-likeness (QED) is 0.760. The van der Waals surface area contributed by atoms with Gasteiger partial charge in [-0.25, -0.2) is 0 Å². The second-order valence-corrected chi connectivity index (χ2v) is 9.14. The maximum Gasteiger partial charge on any atom is 0.251 e. The number of piperazine rings is 1. The molecule has 1 aromatic carbocycles. The molecule has 0 radical (unpaired) electrons. The summed E-state index contributed by atoms with van der Waals surface area (Å²) in [5, 5.41) is 4.31. The highest BCUT2D eigenvalue weighted by molar-refractivity contribution is 7.17. The Morgan fingerprint density at radius 2 is 1.97 bits per heavy atom. The van der Waals surface area contributed by atoms with E-state index in [0.29, 0.717) is 10.6 Å². The lowest BCUT2D eigenvalue weighted by Gasteiger charge is -2.38. The molecule has 2 aliphatic rings. The van der Waals surface area contributed by atoms with E-state index in [1.54, 1.807) is 0 Å². The van der Waals surface area contributed by atoms with Gasteiger partial charge in [0.05, 0.1) is 11.6 Å². The maximum absolute atomic E-state index is 12.9. The van der Waals surface area contributed by atoms with Crippen LogP contribution < -0.4 is 16.0 Å². The molecule has 1 unspecified atom stereocenters. The van der Waals surface area contributed by atoms with Crippen molar-refractivity contribution in [2.24, 2.45) is 5.73 Å². The van der Waals surface area contributed by atoms with Crippen LogP contribution in [-0.4, -0.2) is 48.9 Å². The average Bonchev–Trinajstić information content (AvgIpc) is 3.28. The lowest BCUT2D eigenvalue weighted by Crippen LogP contribution is -2.52. The Balaban J connectivity index is 1.39. The maximum atomic E-state index is 12.9. The Kier molecular flexibility index (Phi) is 5.81. The van der Waals surface area contributed by atoms with Crippen molar-refractivity contribution < 1.29 is 9.59 Å². The molecule has 2 amide bonds. The van der Waals surface area contributed by atoms with Crippen LogP contribution in [0.25, 0.3) is 0 Å². The van der Waals surface area contributed by atoms with Gasteiger partial charge in [0.2, 0.25) is 5.91 Å². The molecule has 1 aromatic heterocycles. The third-order valence-electron chi connectivity index (χ3n) is 5.82. The molecule has 2 aromatic rings. The molecule has 0 spiro atoms. The van der Waals surface area contributed by atoms with E-state index in [1.165, 1.54) is 16.2 Å². The topological polar surface area (TPSA) is 78.7 Å². The van der Waals surface area contributed by atoms with Crippen molar-refractivity contribution in [3.05, 3.63) is 45.3 Å². The van der Waals surface area contributed by atoms with Crippen molar-refractivity contribution >= 4 is 45.4 Å². The molecule has 29 heavy (non-hydrogen) atoms. The first kappa shape index (κ1) is 20.2. The molecule has 0 bridgehead atoms. The van der Waals surface area contributed by atoms with Gasteiger partial charge in [-0.05, 0) is 49.9 Å². The number of halogens is 1. The van der Waals surface area contributed by atoms with Crippen LogP contribution in [0.15, 0.2) is 24.3 Å². The van der Waals surface area contributed by atoms with E-state index in [4.69, 9.17) is 17.3 Å². The number of rotatable bonds is 5. The van der Waals surface area contributed by atoms with Crippen molar-refractivity contribution in [3.63, 3.8) is 0 Å². The monoisotopic (exact) mass is 432 g/mol. The van der Waals surface area contributed by atoms with Crippen molar-refractivity contribution in [2.45, 2.75) is 32.2 Å². The Morgan fingerprint density at radius 1 is 1.21 bits per heavy atom. The van der Waals surface area contributed by atoms with Gasteiger partial charge in [-0.2, -0.15) is 0 Å². The fourth-order valence-corrected chi connectivity index (χ4v) is 5.66. The van der Waals surface area contributed by atoms with E-state index in [1.807, 2.05) is 25.1 Å². The zero-order valence-corrected chi connectivity index (χ0v) is 18.0. The van der Waals surface area contributed by atoms with E-state index in [0.717, 1.165) is 61.7 Å². The second-order valence-electron chi connectivity index (χ2n) is 7.59. The molecule has 8 heteroatoms. The van der Waals surface area contributed by atoms with Gasteiger partial charge < -0.3 is 16.0 Å². The lowest BCUT2D eigenvalue weighted by atomic mass is 10.1. The number of primary amides is 1. The minimum atomic E-state index is -0.456. The van der Waals surface area contributed by atoms with Gasteiger partial charge in [-0.15, -0.1) is 11.3 Å². The predicted molar refractivity (Wildman–Crippen MR) is 118 cm³/mol. The molecular weight excluding hydrogens is 408 g/mol. The summed E-state index contributed by atoms with van der Waals surface area (Å²) in [6.45, 7) is 5.14. The molecule has 1 saturated heterocycles. The number of aryl methyl sites for hydroxylation is 1. The third-order valence-corrected chi connectivity index (χ3v) is 7.26. The van der Waals surface area contributed by atoms with Gasteiger partial charge in [0, 0.05) is 41.8 Å². The molecule has 3 N–H and O–H groups in total. The molecule has 1 aliphatic heterocycles. The number of benzene rings is 1. The minimum absolute atomic E-state index is 0.0939. The molecule has 1 aliphatic carbocycles. The molecule has 0 saturated carbocycles. The molecule has 2 heterocycles. The Morgan fingerprint density at radius 3 is 2.66 bits per heavy atom. The first-order chi connectivity index (χ1) is 13.9. The fourth-order valence-electron chi connectivity index (χ4n) is 4.18. The van der Waals surface area contributed by atoms with Gasteiger partial charge in [-0.1, -0.05) is 17.7 Å². The molecule has 6 nitrogen and oxygen atoms in total. The highest BCUT2D eigenvalue weighted by Crippen LogP contribution is 2.39. The number of fused-ring (bicyclic) bond motifs is 1. The first-order valence-electron chi connectivity index (χ1n) is 9.94. The number of carbonyl (C=O) groups excluding carboxylic acids is 2. The zero-order chi connectivity index (χ0) is 20.5. The van der Waals surface area contributed by atoms with E-state index in [9.17, 15) is 9.59 Å². The summed E-state index contributed by atoms with van der Waals surface area (Å²) in [7, 11) is 0. The highest BCUT2D eigenvalue weighted by atomic mass is 35.5. The average molecular weight is 433 g/mol. The summed E-state index contributed by atoms with van der Waals surface area (Å²) >= 11 is 7.60. The van der Waals surface area contributed by atoms with Gasteiger partial charge in [0.15, 0.2) is 0 Å². The van der Waals surface area contributed by atoms with Crippen LogP contribution in [0.5, 0.6) is 0 Å². The summed E-state index contributed by atoms with van der Waals surface area (Å²) in [4.78, 5) is 30.4. The molecular formula is C21H25ClN4O2S. The largest absolute Gasteiger partial charge is 0.369 e. The summed E-state index contributed by atoms with van der Waals surface area (Å²) in [6.07, 6.45) is 2.86. The number of nitrogens with two attached hydrogens (primary N) is 1. The van der Waals surface area contributed by atoms with Crippen LogP contribution in [0.2, 0.25) is 5.02 Å². The van der Waals surface area contributed by atoms with Crippen molar-refractivity contribution in [1.29, 1.82) is 0 Å².